The zero-order valence-corrected chi connectivity index (χ0v) is 17.2. The van der Waals surface area contributed by atoms with E-state index in [0.717, 1.165) is 5.56 Å². The van der Waals surface area contributed by atoms with Crippen molar-refractivity contribution in [3.63, 3.8) is 0 Å². The summed E-state index contributed by atoms with van der Waals surface area (Å²) in [6.07, 6.45) is 1.34. The summed E-state index contributed by atoms with van der Waals surface area (Å²) in [6, 6.07) is 5.36. The molecule has 0 saturated carbocycles. The van der Waals surface area contributed by atoms with Crippen molar-refractivity contribution >= 4 is 34.2 Å². The highest BCUT2D eigenvalue weighted by Crippen LogP contribution is 2.32. The predicted molar refractivity (Wildman–Crippen MR) is 113 cm³/mol. The van der Waals surface area contributed by atoms with Gasteiger partial charge < -0.3 is 5.32 Å². The maximum absolute atomic E-state index is 13.3. The highest BCUT2D eigenvalue weighted by Gasteiger charge is 2.40. The molecule has 0 unspecified atom stereocenters. The number of aliphatic imine (C=N–C) groups is 1. The molecule has 1 aliphatic rings. The van der Waals surface area contributed by atoms with Crippen molar-refractivity contribution in [1.29, 1.82) is 0 Å². The van der Waals surface area contributed by atoms with Crippen LogP contribution < -0.4 is 5.32 Å². The molecule has 160 valence electrons. The number of imidazole rings is 1. The number of nitrogens with zero attached hydrogens (tertiary/aromatic N) is 4. The van der Waals surface area contributed by atoms with E-state index in [1.807, 2.05) is 26.8 Å². The minimum Gasteiger partial charge on any atom is -0.337 e. The van der Waals surface area contributed by atoms with Gasteiger partial charge in [-0.3, -0.25) is 14.2 Å². The molecular formula is C22H20F3N5O. The number of nitrogens with one attached hydrogen (secondary N) is 1. The third kappa shape index (κ3) is 3.83. The van der Waals surface area contributed by atoms with Gasteiger partial charge in [-0.25, -0.2) is 9.97 Å². The Morgan fingerprint density at radius 3 is 2.68 bits per heavy atom. The van der Waals surface area contributed by atoms with Gasteiger partial charge in [-0.1, -0.05) is 19.9 Å². The second-order valence-electron chi connectivity index (χ2n) is 7.59. The van der Waals surface area contributed by atoms with E-state index in [1.165, 1.54) is 18.5 Å². The van der Waals surface area contributed by atoms with Crippen LogP contribution in [0.15, 0.2) is 47.9 Å². The van der Waals surface area contributed by atoms with Crippen LogP contribution in [0, 0.1) is 12.8 Å². The molecule has 0 radical (unpaired) electrons. The van der Waals surface area contributed by atoms with Gasteiger partial charge in [0.15, 0.2) is 17.2 Å². The van der Waals surface area contributed by atoms with Gasteiger partial charge in [0.1, 0.15) is 5.71 Å². The van der Waals surface area contributed by atoms with Gasteiger partial charge in [-0.2, -0.15) is 13.2 Å². The monoisotopic (exact) mass is 427 g/mol. The minimum absolute atomic E-state index is 0.00421. The second-order valence-corrected chi connectivity index (χ2v) is 7.59. The molecule has 3 aromatic rings. The SMILES string of the molecule is Cc1cc(Nc2nccn3c(C4=CCN=C4C(F)(F)F)cnc23)ccc1C(=O)C(C)C. The van der Waals surface area contributed by atoms with Crippen molar-refractivity contribution < 1.29 is 18.0 Å². The summed E-state index contributed by atoms with van der Waals surface area (Å²) in [5, 5.41) is 3.15. The number of ketones is 1. The molecule has 6 nitrogen and oxygen atoms in total. The van der Waals surface area contributed by atoms with E-state index in [9.17, 15) is 18.0 Å². The summed E-state index contributed by atoms with van der Waals surface area (Å²) in [5.74, 6) is 0.348. The first-order chi connectivity index (χ1) is 14.7. The largest absolute Gasteiger partial charge is 0.433 e. The Labute approximate surface area is 176 Å². The minimum atomic E-state index is -4.53. The summed E-state index contributed by atoms with van der Waals surface area (Å²) in [4.78, 5) is 24.5. The Morgan fingerprint density at radius 1 is 1.23 bits per heavy atom. The normalized spacial score (nSPS) is 14.2. The van der Waals surface area contributed by atoms with Crippen molar-refractivity contribution in [3.8, 4) is 0 Å². The number of rotatable bonds is 5. The maximum atomic E-state index is 13.3. The molecule has 0 spiro atoms. The maximum Gasteiger partial charge on any atom is 0.433 e. The van der Waals surface area contributed by atoms with Crippen molar-refractivity contribution in [2.45, 2.75) is 26.9 Å². The van der Waals surface area contributed by atoms with Crippen LogP contribution in [0.4, 0.5) is 24.7 Å². The number of aryl methyl sites for hydroxylation is 1. The number of hydrogen-bond donors (Lipinski definition) is 1. The van der Waals surface area contributed by atoms with E-state index < -0.39 is 11.9 Å². The molecular weight excluding hydrogens is 407 g/mol. The van der Waals surface area contributed by atoms with Crippen molar-refractivity contribution in [1.82, 2.24) is 14.4 Å². The Balaban J connectivity index is 1.68. The van der Waals surface area contributed by atoms with Crippen molar-refractivity contribution in [2.75, 3.05) is 11.9 Å². The third-order valence-electron chi connectivity index (χ3n) is 5.05. The summed E-state index contributed by atoms with van der Waals surface area (Å²) < 4.78 is 41.4. The third-order valence-corrected chi connectivity index (χ3v) is 5.05. The number of anilines is 2. The van der Waals surface area contributed by atoms with E-state index in [4.69, 9.17) is 0 Å². The molecule has 0 atom stereocenters. The van der Waals surface area contributed by atoms with Crippen LogP contribution >= 0.6 is 0 Å². The van der Waals surface area contributed by atoms with Gasteiger partial charge in [0.25, 0.3) is 0 Å². The van der Waals surface area contributed by atoms with Crippen LogP contribution in [0.25, 0.3) is 11.2 Å². The Kier molecular flexibility index (Phi) is 5.12. The van der Waals surface area contributed by atoms with Gasteiger partial charge in [0.2, 0.25) is 0 Å². The van der Waals surface area contributed by atoms with Crippen LogP contribution in [-0.2, 0) is 0 Å². The zero-order chi connectivity index (χ0) is 22.3. The molecule has 0 fully saturated rings. The Morgan fingerprint density at radius 2 is 2.00 bits per heavy atom. The van der Waals surface area contributed by atoms with E-state index in [-0.39, 0.29) is 23.8 Å². The number of fused-ring (bicyclic) bond motifs is 1. The van der Waals surface area contributed by atoms with E-state index in [2.05, 4.69) is 20.3 Å². The number of carbonyl (C=O) groups excluding carboxylic acids is 1. The first kappa shape index (κ1) is 20.8. The number of alkyl halides is 3. The van der Waals surface area contributed by atoms with Gasteiger partial charge in [0.05, 0.1) is 18.4 Å². The average molecular weight is 427 g/mol. The van der Waals surface area contributed by atoms with Crippen LogP contribution in [0.5, 0.6) is 0 Å². The number of aromatic nitrogens is 3. The van der Waals surface area contributed by atoms with Crippen LogP contribution in [0.3, 0.4) is 0 Å². The molecule has 1 aliphatic heterocycles. The fraction of sp³-hybridized carbons (Fsp3) is 0.273. The summed E-state index contributed by atoms with van der Waals surface area (Å²) in [7, 11) is 0. The Bertz CT molecular complexity index is 1240. The molecule has 4 rings (SSSR count). The van der Waals surface area contributed by atoms with Crippen molar-refractivity contribution in [3.05, 3.63) is 59.7 Å². The van der Waals surface area contributed by atoms with Crippen LogP contribution in [0.1, 0.15) is 35.5 Å². The fourth-order valence-corrected chi connectivity index (χ4v) is 3.55. The number of benzene rings is 1. The first-order valence-corrected chi connectivity index (χ1v) is 9.73. The Hall–Kier alpha value is -3.49. The first-order valence-electron chi connectivity index (χ1n) is 9.73. The highest BCUT2D eigenvalue weighted by atomic mass is 19.4. The van der Waals surface area contributed by atoms with Gasteiger partial charge in [0, 0.05) is 35.1 Å². The van der Waals surface area contributed by atoms with Gasteiger partial charge >= 0.3 is 6.18 Å². The second kappa shape index (κ2) is 7.64. The molecule has 9 heteroatoms. The van der Waals surface area contributed by atoms with Crippen LogP contribution in [-0.4, -0.2) is 38.6 Å². The highest BCUT2D eigenvalue weighted by molar-refractivity contribution is 6.27. The number of allylic oxidation sites excluding steroid dienone is 1. The van der Waals surface area contributed by atoms with E-state index in [1.54, 1.807) is 22.7 Å². The fourth-order valence-electron chi connectivity index (χ4n) is 3.55. The molecule has 0 amide bonds. The number of hydrogen-bond acceptors (Lipinski definition) is 5. The molecule has 0 saturated heterocycles. The summed E-state index contributed by atoms with van der Waals surface area (Å²) in [5.41, 5.74) is 1.95. The van der Waals surface area contributed by atoms with E-state index >= 15 is 0 Å². The lowest BCUT2D eigenvalue weighted by Crippen LogP contribution is -2.23. The van der Waals surface area contributed by atoms with Gasteiger partial charge in [-0.15, -0.1) is 0 Å². The topological polar surface area (TPSA) is 71.7 Å². The smallest absolute Gasteiger partial charge is 0.337 e. The predicted octanol–water partition coefficient (Wildman–Crippen LogP) is 5.02. The number of halogens is 3. The quantitative estimate of drug-likeness (QED) is 0.581. The molecule has 0 bridgehead atoms. The molecule has 0 aliphatic carbocycles. The number of Topliss-reactive ketones (excluding diaryl/α,β-unsaturated/α-hetero) is 1. The lowest BCUT2D eigenvalue weighted by molar-refractivity contribution is -0.0571. The summed E-state index contributed by atoms with van der Waals surface area (Å²) in [6.45, 7) is 5.54. The molecule has 1 aromatic carbocycles. The average Bonchev–Trinajstić information content (AvgIpc) is 3.34. The molecule has 31 heavy (non-hydrogen) atoms. The molecule has 1 N–H and O–H groups in total. The molecule has 3 heterocycles. The summed E-state index contributed by atoms with van der Waals surface area (Å²) >= 11 is 0. The van der Waals surface area contributed by atoms with Gasteiger partial charge in [-0.05, 0) is 30.7 Å². The van der Waals surface area contributed by atoms with Crippen LogP contribution in [0.2, 0.25) is 0 Å². The zero-order valence-electron chi connectivity index (χ0n) is 17.2. The molecule has 2 aromatic heterocycles. The lowest BCUT2D eigenvalue weighted by Gasteiger charge is -2.12. The van der Waals surface area contributed by atoms with Crippen molar-refractivity contribution in [2.24, 2.45) is 10.9 Å². The number of carbonyl (C=O) groups is 1. The standard InChI is InChI=1S/C22H20F3N5O/c1-12(2)18(31)15-5-4-14(10-13(15)3)29-20-21-28-11-17(30(21)9-8-27-20)16-6-7-26-19(16)22(23,24)25/h4-6,8-12H,7H2,1-3H3,(H,27,29). The lowest BCUT2D eigenvalue weighted by atomic mass is 9.97. The van der Waals surface area contributed by atoms with E-state index in [0.29, 0.717) is 28.4 Å².